The zero-order valence-corrected chi connectivity index (χ0v) is 46.0. The standard InChI is InChI=1S/C63H117NO5/c1-3-5-7-9-11-13-15-17-18-19-20-21-22-23-25-28-32-35-39-43-47-51-55-61(66)60(59-65)64-62(67)56-52-48-44-40-36-33-29-26-24-27-30-34-38-42-46-50-54-58-69-63(68)57-53-49-45-41-37-31-16-14-12-10-8-6-4-2/h14,16,24,27,34,38,51,55,60-61,65-66H,3-13,15,17-23,25-26,28-33,35-37,39-50,52-54,56-59H2,1-2H3,(H,64,67)/b16-14-,27-24-,38-34-,55-51+. The molecule has 0 saturated heterocycles. The summed E-state index contributed by atoms with van der Waals surface area (Å²) in [5, 5.41) is 23.2. The average Bonchev–Trinajstić information content (AvgIpc) is 3.35. The summed E-state index contributed by atoms with van der Waals surface area (Å²) in [6, 6.07) is -0.642. The van der Waals surface area contributed by atoms with E-state index in [0.717, 1.165) is 83.5 Å². The largest absolute Gasteiger partial charge is 0.466 e. The number of nitrogens with one attached hydrogen (secondary N) is 1. The quantitative estimate of drug-likeness (QED) is 0.0321. The van der Waals surface area contributed by atoms with Gasteiger partial charge in [0.1, 0.15) is 0 Å². The minimum Gasteiger partial charge on any atom is -0.466 e. The van der Waals surface area contributed by atoms with E-state index < -0.39 is 12.1 Å². The highest BCUT2D eigenvalue weighted by Crippen LogP contribution is 2.17. The lowest BCUT2D eigenvalue weighted by molar-refractivity contribution is -0.143. The number of carbonyl (C=O) groups excluding carboxylic acids is 2. The monoisotopic (exact) mass is 968 g/mol. The van der Waals surface area contributed by atoms with Crippen molar-refractivity contribution in [2.45, 2.75) is 328 Å². The van der Waals surface area contributed by atoms with Crippen LogP contribution in [0, 0.1) is 0 Å². The molecule has 0 spiro atoms. The maximum Gasteiger partial charge on any atom is 0.305 e. The fraction of sp³-hybridized carbons (Fsp3) is 0.841. The van der Waals surface area contributed by atoms with Crippen LogP contribution in [0.2, 0.25) is 0 Å². The van der Waals surface area contributed by atoms with E-state index in [1.807, 2.05) is 6.08 Å². The maximum absolute atomic E-state index is 12.5. The van der Waals surface area contributed by atoms with Crippen LogP contribution in [0.4, 0.5) is 0 Å². The zero-order chi connectivity index (χ0) is 50.0. The number of aliphatic hydroxyl groups excluding tert-OH is 2. The molecule has 3 N–H and O–H groups in total. The van der Waals surface area contributed by atoms with Gasteiger partial charge in [0, 0.05) is 12.8 Å². The lowest BCUT2D eigenvalue weighted by Crippen LogP contribution is -2.45. The molecular formula is C63H117NO5. The highest BCUT2D eigenvalue weighted by Gasteiger charge is 2.18. The molecule has 6 heteroatoms. The van der Waals surface area contributed by atoms with Crippen LogP contribution in [0.3, 0.4) is 0 Å². The minimum absolute atomic E-state index is 0.0258. The molecule has 0 aromatic rings. The van der Waals surface area contributed by atoms with Crippen LogP contribution in [0.1, 0.15) is 316 Å². The van der Waals surface area contributed by atoms with Crippen LogP contribution in [0.15, 0.2) is 48.6 Å². The molecule has 0 rings (SSSR count). The van der Waals surface area contributed by atoms with Gasteiger partial charge < -0.3 is 20.3 Å². The first-order valence-corrected chi connectivity index (χ1v) is 30.4. The molecule has 0 saturated carbocycles. The lowest BCUT2D eigenvalue weighted by atomic mass is 10.0. The third-order valence-electron chi connectivity index (χ3n) is 13.8. The molecule has 0 fully saturated rings. The van der Waals surface area contributed by atoms with Crippen molar-refractivity contribution in [3.05, 3.63) is 48.6 Å². The molecule has 0 bridgehead atoms. The Bertz CT molecular complexity index is 1160. The summed E-state index contributed by atoms with van der Waals surface area (Å²) < 4.78 is 5.44. The Morgan fingerprint density at radius 3 is 1.13 bits per heavy atom. The first-order chi connectivity index (χ1) is 34.0. The molecule has 2 atom stereocenters. The van der Waals surface area contributed by atoms with Crippen molar-refractivity contribution in [2.75, 3.05) is 13.2 Å². The van der Waals surface area contributed by atoms with E-state index >= 15 is 0 Å². The second-order valence-corrected chi connectivity index (χ2v) is 20.7. The van der Waals surface area contributed by atoms with Gasteiger partial charge in [-0.25, -0.2) is 0 Å². The van der Waals surface area contributed by atoms with Gasteiger partial charge in [-0.1, -0.05) is 255 Å². The SMILES string of the molecule is CCCCCC/C=C\CCCCCCCC(=O)OCCCCC/C=C\C/C=C\CCCCCCCCCC(=O)NC(CO)C(O)/C=C/CCCCCCCCCCCCCCCCCCCCCC. The molecular weight excluding hydrogens is 851 g/mol. The molecule has 1 amide bonds. The Balaban J connectivity index is 3.54. The van der Waals surface area contributed by atoms with Crippen LogP contribution in [-0.2, 0) is 14.3 Å². The van der Waals surface area contributed by atoms with E-state index in [1.165, 1.54) is 205 Å². The van der Waals surface area contributed by atoms with Crippen molar-refractivity contribution in [3.8, 4) is 0 Å². The molecule has 0 aliphatic carbocycles. The highest BCUT2D eigenvalue weighted by atomic mass is 16.5. The number of hydrogen-bond donors (Lipinski definition) is 3. The third kappa shape index (κ3) is 55.0. The van der Waals surface area contributed by atoms with Gasteiger partial charge in [-0.05, 0) is 96.3 Å². The molecule has 0 aromatic heterocycles. The summed E-state index contributed by atoms with van der Waals surface area (Å²) in [6.07, 6.45) is 74.3. The van der Waals surface area contributed by atoms with Crippen molar-refractivity contribution in [3.63, 3.8) is 0 Å². The van der Waals surface area contributed by atoms with E-state index in [1.54, 1.807) is 6.08 Å². The molecule has 0 aliphatic rings. The van der Waals surface area contributed by atoms with Crippen molar-refractivity contribution in [1.82, 2.24) is 5.32 Å². The summed E-state index contributed by atoms with van der Waals surface area (Å²) in [5.74, 6) is -0.108. The predicted octanol–water partition coefficient (Wildman–Crippen LogP) is 19.0. The Morgan fingerprint density at radius 2 is 0.725 bits per heavy atom. The number of hydrogen-bond acceptors (Lipinski definition) is 5. The molecule has 6 nitrogen and oxygen atoms in total. The summed E-state index contributed by atoms with van der Waals surface area (Å²) in [7, 11) is 0. The Morgan fingerprint density at radius 1 is 0.406 bits per heavy atom. The average molecular weight is 969 g/mol. The number of unbranched alkanes of at least 4 members (excludes halogenated alkanes) is 39. The number of carbonyl (C=O) groups is 2. The van der Waals surface area contributed by atoms with Crippen LogP contribution in [0.25, 0.3) is 0 Å². The summed E-state index contributed by atoms with van der Waals surface area (Å²) in [4.78, 5) is 24.5. The number of ether oxygens (including phenoxy) is 1. The smallest absolute Gasteiger partial charge is 0.305 e. The van der Waals surface area contributed by atoms with Gasteiger partial charge >= 0.3 is 5.97 Å². The number of aliphatic hydroxyl groups is 2. The van der Waals surface area contributed by atoms with Gasteiger partial charge in [0.25, 0.3) is 0 Å². The molecule has 0 aromatic carbocycles. The van der Waals surface area contributed by atoms with E-state index in [0.29, 0.717) is 19.4 Å². The van der Waals surface area contributed by atoms with E-state index in [-0.39, 0.29) is 18.5 Å². The third-order valence-corrected chi connectivity index (χ3v) is 13.8. The molecule has 2 unspecified atom stereocenters. The topological polar surface area (TPSA) is 95.9 Å². The summed E-state index contributed by atoms with van der Waals surface area (Å²) in [6.45, 7) is 4.85. The summed E-state index contributed by atoms with van der Waals surface area (Å²) in [5.41, 5.74) is 0. The number of allylic oxidation sites excluding steroid dienone is 7. The van der Waals surface area contributed by atoms with Crippen molar-refractivity contribution in [1.29, 1.82) is 0 Å². The van der Waals surface area contributed by atoms with Crippen LogP contribution in [-0.4, -0.2) is 47.4 Å². The first-order valence-electron chi connectivity index (χ1n) is 30.4. The van der Waals surface area contributed by atoms with E-state index in [2.05, 4.69) is 55.6 Å². The van der Waals surface area contributed by atoms with Gasteiger partial charge in [-0.15, -0.1) is 0 Å². The van der Waals surface area contributed by atoms with Gasteiger partial charge in [0.05, 0.1) is 25.4 Å². The van der Waals surface area contributed by atoms with Gasteiger partial charge in [0.15, 0.2) is 0 Å². The molecule has 0 heterocycles. The molecule has 69 heavy (non-hydrogen) atoms. The van der Waals surface area contributed by atoms with Gasteiger partial charge in [-0.2, -0.15) is 0 Å². The number of rotatable bonds is 56. The van der Waals surface area contributed by atoms with Gasteiger partial charge in [-0.3, -0.25) is 9.59 Å². The normalized spacial score (nSPS) is 12.9. The van der Waals surface area contributed by atoms with E-state index in [9.17, 15) is 19.8 Å². The van der Waals surface area contributed by atoms with E-state index in [4.69, 9.17) is 4.74 Å². The van der Waals surface area contributed by atoms with Crippen molar-refractivity contribution in [2.24, 2.45) is 0 Å². The zero-order valence-electron chi connectivity index (χ0n) is 46.0. The molecule has 0 aliphatic heterocycles. The second kappa shape index (κ2) is 58.4. The lowest BCUT2D eigenvalue weighted by Gasteiger charge is -2.20. The fourth-order valence-corrected chi connectivity index (χ4v) is 9.13. The second-order valence-electron chi connectivity index (χ2n) is 20.7. The first kappa shape index (κ1) is 66.8. The predicted molar refractivity (Wildman–Crippen MR) is 301 cm³/mol. The highest BCUT2D eigenvalue weighted by molar-refractivity contribution is 5.76. The van der Waals surface area contributed by atoms with Crippen molar-refractivity contribution >= 4 is 11.9 Å². The van der Waals surface area contributed by atoms with Crippen LogP contribution < -0.4 is 5.32 Å². The minimum atomic E-state index is -0.857. The maximum atomic E-state index is 12.5. The van der Waals surface area contributed by atoms with Gasteiger partial charge in [0.2, 0.25) is 5.91 Å². The molecule has 0 radical (unpaired) electrons. The fourth-order valence-electron chi connectivity index (χ4n) is 9.13. The van der Waals surface area contributed by atoms with Crippen LogP contribution >= 0.6 is 0 Å². The number of esters is 1. The Kier molecular flexibility index (Phi) is 56.5. The summed E-state index contributed by atoms with van der Waals surface area (Å²) >= 11 is 0. The Labute approximate surface area is 429 Å². The molecule has 404 valence electrons. The Hall–Kier alpha value is -2.18. The van der Waals surface area contributed by atoms with Crippen LogP contribution in [0.5, 0.6) is 0 Å². The number of amides is 1. The van der Waals surface area contributed by atoms with Crippen molar-refractivity contribution < 1.29 is 24.5 Å².